The lowest BCUT2D eigenvalue weighted by Crippen LogP contribution is -2.21. The summed E-state index contributed by atoms with van der Waals surface area (Å²) >= 11 is 0. The van der Waals surface area contributed by atoms with Crippen molar-refractivity contribution in [2.75, 3.05) is 6.54 Å². The molecule has 1 aromatic rings. The van der Waals surface area contributed by atoms with Gasteiger partial charge in [-0.05, 0) is 37.9 Å². The summed E-state index contributed by atoms with van der Waals surface area (Å²) in [5, 5.41) is 3.62. The van der Waals surface area contributed by atoms with Crippen LogP contribution in [0.3, 0.4) is 0 Å². The topological polar surface area (TPSA) is 12.0 Å². The van der Waals surface area contributed by atoms with Gasteiger partial charge in [-0.15, -0.1) is 0 Å². The maximum Gasteiger partial charge on any atom is 0.0322 e. The third-order valence-corrected chi connectivity index (χ3v) is 3.35. The highest BCUT2D eigenvalue weighted by Crippen LogP contribution is 2.23. The van der Waals surface area contributed by atoms with Crippen molar-refractivity contribution in [3.05, 3.63) is 34.9 Å². The Labute approximate surface area is 107 Å². The molecule has 17 heavy (non-hydrogen) atoms. The van der Waals surface area contributed by atoms with E-state index in [4.69, 9.17) is 0 Å². The van der Waals surface area contributed by atoms with Crippen molar-refractivity contribution in [1.82, 2.24) is 5.32 Å². The van der Waals surface area contributed by atoms with Crippen LogP contribution in [0.25, 0.3) is 0 Å². The Hall–Kier alpha value is -0.820. The smallest absolute Gasteiger partial charge is 0.0322 e. The molecule has 0 heterocycles. The van der Waals surface area contributed by atoms with Gasteiger partial charge >= 0.3 is 0 Å². The fraction of sp³-hybridized carbons (Fsp3) is 0.625. The second kappa shape index (κ2) is 7.50. The highest BCUT2D eigenvalue weighted by molar-refractivity contribution is 5.32. The van der Waals surface area contributed by atoms with Crippen molar-refractivity contribution >= 4 is 0 Å². The largest absolute Gasteiger partial charge is 0.310 e. The van der Waals surface area contributed by atoms with E-state index in [1.54, 1.807) is 0 Å². The van der Waals surface area contributed by atoms with Gasteiger partial charge in [0.05, 0.1) is 0 Å². The van der Waals surface area contributed by atoms with E-state index < -0.39 is 0 Å². The average Bonchev–Trinajstić information content (AvgIpc) is 2.28. The Morgan fingerprint density at radius 3 is 2.47 bits per heavy atom. The maximum absolute atomic E-state index is 3.62. The van der Waals surface area contributed by atoms with Gasteiger partial charge in [-0.2, -0.15) is 0 Å². The predicted molar refractivity (Wildman–Crippen MR) is 76.5 cm³/mol. The van der Waals surface area contributed by atoms with Crippen LogP contribution in [-0.2, 0) is 0 Å². The van der Waals surface area contributed by atoms with Gasteiger partial charge in [0.2, 0.25) is 0 Å². The van der Waals surface area contributed by atoms with Gasteiger partial charge in [0.1, 0.15) is 0 Å². The lowest BCUT2D eigenvalue weighted by atomic mass is 9.95. The Bertz CT molecular complexity index is 330. The fourth-order valence-electron chi connectivity index (χ4n) is 2.43. The fourth-order valence-corrected chi connectivity index (χ4v) is 2.43. The molecule has 0 aliphatic rings. The molecule has 1 N–H and O–H groups in total. The molecule has 0 spiro atoms. The first kappa shape index (κ1) is 14.2. The molecular weight excluding hydrogens is 206 g/mol. The van der Waals surface area contributed by atoms with Crippen molar-refractivity contribution in [3.63, 3.8) is 0 Å². The van der Waals surface area contributed by atoms with E-state index in [9.17, 15) is 0 Å². The molecule has 0 amide bonds. The third kappa shape index (κ3) is 4.51. The van der Waals surface area contributed by atoms with Gasteiger partial charge in [-0.1, -0.05) is 56.9 Å². The normalized spacial score (nSPS) is 12.7. The zero-order valence-corrected chi connectivity index (χ0v) is 11.8. The quantitative estimate of drug-likeness (QED) is 0.682. The number of benzene rings is 1. The van der Waals surface area contributed by atoms with Crippen molar-refractivity contribution in [3.8, 4) is 0 Å². The summed E-state index contributed by atoms with van der Waals surface area (Å²) in [6.07, 6.45) is 5.21. The number of unbranched alkanes of at least 4 members (excludes halogenated alkanes) is 2. The van der Waals surface area contributed by atoms with E-state index in [0.29, 0.717) is 6.04 Å². The van der Waals surface area contributed by atoms with Crippen molar-refractivity contribution in [1.29, 1.82) is 0 Å². The van der Waals surface area contributed by atoms with Gasteiger partial charge < -0.3 is 5.32 Å². The van der Waals surface area contributed by atoms with Crippen LogP contribution >= 0.6 is 0 Å². The SMILES string of the molecule is CCCCCC(NCC)c1ccc(C)cc1C. The Morgan fingerprint density at radius 1 is 1.12 bits per heavy atom. The summed E-state index contributed by atoms with van der Waals surface area (Å²) < 4.78 is 0. The molecule has 1 nitrogen and oxygen atoms in total. The Kier molecular flexibility index (Phi) is 6.28. The summed E-state index contributed by atoms with van der Waals surface area (Å²) in [6, 6.07) is 7.35. The molecule has 1 atom stereocenters. The zero-order chi connectivity index (χ0) is 12.7. The van der Waals surface area contributed by atoms with Crippen LogP contribution in [0.5, 0.6) is 0 Å². The first-order valence-corrected chi connectivity index (χ1v) is 6.99. The van der Waals surface area contributed by atoms with Crippen LogP contribution in [0, 0.1) is 13.8 Å². The number of nitrogens with one attached hydrogen (secondary N) is 1. The summed E-state index contributed by atoms with van der Waals surface area (Å²) in [6.45, 7) is 9.89. The summed E-state index contributed by atoms with van der Waals surface area (Å²) in [5.74, 6) is 0. The predicted octanol–water partition coefficient (Wildman–Crippen LogP) is 4.53. The molecule has 1 rings (SSSR count). The molecule has 96 valence electrons. The van der Waals surface area contributed by atoms with Gasteiger partial charge in [-0.3, -0.25) is 0 Å². The highest BCUT2D eigenvalue weighted by atomic mass is 14.9. The standard InChI is InChI=1S/C16H27N/c1-5-7-8-9-16(17-6-2)15-11-10-13(3)12-14(15)4/h10-12,16-17H,5-9H2,1-4H3. The van der Waals surface area contributed by atoms with E-state index in [1.165, 1.54) is 42.4 Å². The highest BCUT2D eigenvalue weighted by Gasteiger charge is 2.11. The lowest BCUT2D eigenvalue weighted by Gasteiger charge is -2.20. The number of hydrogen-bond acceptors (Lipinski definition) is 1. The molecule has 0 saturated heterocycles. The van der Waals surface area contributed by atoms with E-state index in [1.807, 2.05) is 0 Å². The zero-order valence-electron chi connectivity index (χ0n) is 11.8. The minimum atomic E-state index is 0.534. The second-order valence-corrected chi connectivity index (χ2v) is 4.97. The van der Waals surface area contributed by atoms with Crippen molar-refractivity contribution in [2.24, 2.45) is 0 Å². The Balaban J connectivity index is 2.74. The van der Waals surface area contributed by atoms with E-state index in [2.05, 4.69) is 51.2 Å². The molecule has 0 aliphatic carbocycles. The van der Waals surface area contributed by atoms with Crippen LogP contribution in [0.4, 0.5) is 0 Å². The van der Waals surface area contributed by atoms with E-state index in [0.717, 1.165) is 6.54 Å². The van der Waals surface area contributed by atoms with Crippen LogP contribution < -0.4 is 5.32 Å². The van der Waals surface area contributed by atoms with Gasteiger partial charge in [0.25, 0.3) is 0 Å². The minimum Gasteiger partial charge on any atom is -0.310 e. The minimum absolute atomic E-state index is 0.534. The van der Waals surface area contributed by atoms with Crippen LogP contribution in [0.2, 0.25) is 0 Å². The Morgan fingerprint density at radius 2 is 1.88 bits per heavy atom. The summed E-state index contributed by atoms with van der Waals surface area (Å²) in [4.78, 5) is 0. The first-order chi connectivity index (χ1) is 8.19. The van der Waals surface area contributed by atoms with Crippen molar-refractivity contribution in [2.45, 2.75) is 59.4 Å². The second-order valence-electron chi connectivity index (χ2n) is 4.97. The maximum atomic E-state index is 3.62. The summed E-state index contributed by atoms with van der Waals surface area (Å²) in [5.41, 5.74) is 4.26. The van der Waals surface area contributed by atoms with Crippen LogP contribution in [0.1, 0.15) is 62.3 Å². The lowest BCUT2D eigenvalue weighted by molar-refractivity contribution is 0.485. The van der Waals surface area contributed by atoms with Gasteiger partial charge in [0.15, 0.2) is 0 Å². The number of aryl methyl sites for hydroxylation is 2. The number of hydrogen-bond donors (Lipinski definition) is 1. The van der Waals surface area contributed by atoms with E-state index >= 15 is 0 Å². The number of rotatable bonds is 7. The molecule has 1 unspecified atom stereocenters. The molecule has 0 radical (unpaired) electrons. The molecule has 0 bridgehead atoms. The molecule has 0 aliphatic heterocycles. The molecular formula is C16H27N. The third-order valence-electron chi connectivity index (χ3n) is 3.35. The monoisotopic (exact) mass is 233 g/mol. The summed E-state index contributed by atoms with van der Waals surface area (Å²) in [7, 11) is 0. The van der Waals surface area contributed by atoms with Crippen LogP contribution in [-0.4, -0.2) is 6.54 Å². The van der Waals surface area contributed by atoms with Gasteiger partial charge in [0, 0.05) is 6.04 Å². The molecule has 0 fully saturated rings. The van der Waals surface area contributed by atoms with E-state index in [-0.39, 0.29) is 0 Å². The average molecular weight is 233 g/mol. The molecule has 0 saturated carbocycles. The molecule has 1 aromatic carbocycles. The first-order valence-electron chi connectivity index (χ1n) is 6.99. The van der Waals surface area contributed by atoms with Crippen LogP contribution in [0.15, 0.2) is 18.2 Å². The van der Waals surface area contributed by atoms with Gasteiger partial charge in [-0.25, -0.2) is 0 Å². The van der Waals surface area contributed by atoms with Crippen molar-refractivity contribution < 1.29 is 0 Å². The molecule has 1 heteroatoms. The molecule has 0 aromatic heterocycles.